The lowest BCUT2D eigenvalue weighted by Crippen LogP contribution is -2.38. The van der Waals surface area contributed by atoms with Crippen molar-refractivity contribution in [3.05, 3.63) is 0 Å². The van der Waals surface area contributed by atoms with Crippen LogP contribution in [0.25, 0.3) is 0 Å². The highest BCUT2D eigenvalue weighted by Crippen LogP contribution is 2.46. The molecule has 0 aromatic carbocycles. The average molecular weight is 322 g/mol. The van der Waals surface area contributed by atoms with Crippen LogP contribution in [0.2, 0.25) is 0 Å². The summed E-state index contributed by atoms with van der Waals surface area (Å²) in [7, 11) is 0. The summed E-state index contributed by atoms with van der Waals surface area (Å²) in [6, 6.07) is 0.334. The van der Waals surface area contributed by atoms with Crippen molar-refractivity contribution in [3.8, 4) is 0 Å². The molecule has 2 heteroatoms. The fourth-order valence-electron chi connectivity index (χ4n) is 6.06. The van der Waals surface area contributed by atoms with Gasteiger partial charge in [-0.3, -0.25) is 0 Å². The van der Waals surface area contributed by atoms with E-state index in [0.717, 1.165) is 36.9 Å². The molecule has 0 heterocycles. The summed E-state index contributed by atoms with van der Waals surface area (Å²) in [6.07, 6.45) is 14.3. The monoisotopic (exact) mass is 321 g/mol. The minimum atomic E-state index is 0.334. The van der Waals surface area contributed by atoms with E-state index in [1.54, 1.807) is 0 Å². The molecule has 4 aliphatic carbocycles. The fourth-order valence-corrected chi connectivity index (χ4v) is 6.06. The van der Waals surface area contributed by atoms with Gasteiger partial charge in [0.25, 0.3) is 0 Å². The molecule has 4 fully saturated rings. The number of ether oxygens (including phenoxy) is 1. The van der Waals surface area contributed by atoms with Crippen molar-refractivity contribution in [1.29, 1.82) is 0 Å². The first-order chi connectivity index (χ1) is 11.1. The third-order valence-corrected chi connectivity index (χ3v) is 7.39. The Morgan fingerprint density at radius 2 is 1.65 bits per heavy atom. The highest BCUT2D eigenvalue weighted by molar-refractivity contribution is 4.91. The summed E-state index contributed by atoms with van der Waals surface area (Å²) in [4.78, 5) is 0. The van der Waals surface area contributed by atoms with E-state index in [4.69, 9.17) is 10.5 Å². The minimum absolute atomic E-state index is 0.334. The average Bonchev–Trinajstić information content (AvgIpc) is 2.84. The van der Waals surface area contributed by atoms with Crippen LogP contribution in [0, 0.1) is 35.5 Å². The molecule has 0 amide bonds. The van der Waals surface area contributed by atoms with E-state index in [2.05, 4.69) is 13.8 Å². The van der Waals surface area contributed by atoms with Crippen LogP contribution < -0.4 is 5.73 Å². The zero-order valence-electron chi connectivity index (χ0n) is 15.5. The van der Waals surface area contributed by atoms with Crippen molar-refractivity contribution in [2.45, 2.75) is 84.1 Å². The van der Waals surface area contributed by atoms with Gasteiger partial charge in [0, 0.05) is 19.3 Å². The van der Waals surface area contributed by atoms with Gasteiger partial charge in [-0.1, -0.05) is 51.9 Å². The van der Waals surface area contributed by atoms with Crippen molar-refractivity contribution < 1.29 is 4.74 Å². The second kappa shape index (κ2) is 8.34. The molecule has 0 radical (unpaired) electrons. The Morgan fingerprint density at radius 1 is 0.957 bits per heavy atom. The van der Waals surface area contributed by atoms with Crippen molar-refractivity contribution in [2.75, 3.05) is 13.2 Å². The molecule has 23 heavy (non-hydrogen) atoms. The fraction of sp³-hybridized carbons (Fsp3) is 1.00. The Balaban J connectivity index is 1.49. The summed E-state index contributed by atoms with van der Waals surface area (Å²) >= 11 is 0. The largest absolute Gasteiger partial charge is 0.381 e. The molecular formula is C21H39NO. The van der Waals surface area contributed by atoms with Gasteiger partial charge in [0.15, 0.2) is 0 Å². The number of nitrogens with two attached hydrogens (primary N) is 1. The molecule has 2 N–H and O–H groups in total. The summed E-state index contributed by atoms with van der Waals surface area (Å²) in [5.41, 5.74) is 6.40. The summed E-state index contributed by atoms with van der Waals surface area (Å²) < 4.78 is 6.29. The molecule has 0 saturated heterocycles. The van der Waals surface area contributed by atoms with E-state index in [1.807, 2.05) is 0 Å². The predicted octanol–water partition coefficient (Wildman–Crippen LogP) is 5.01. The highest BCUT2D eigenvalue weighted by Gasteiger charge is 2.40. The quantitative estimate of drug-likeness (QED) is 0.746. The van der Waals surface area contributed by atoms with Crippen LogP contribution in [0.15, 0.2) is 0 Å². The van der Waals surface area contributed by atoms with Crippen LogP contribution in [0.4, 0.5) is 0 Å². The molecular weight excluding hydrogens is 282 g/mol. The van der Waals surface area contributed by atoms with Gasteiger partial charge in [0.2, 0.25) is 0 Å². The molecule has 0 aliphatic heterocycles. The first-order valence-electron chi connectivity index (χ1n) is 10.5. The summed E-state index contributed by atoms with van der Waals surface area (Å²) in [5.74, 6) is 4.91. The molecule has 3 unspecified atom stereocenters. The van der Waals surface area contributed by atoms with E-state index in [9.17, 15) is 0 Å². The molecule has 0 spiro atoms. The Bertz CT molecular complexity index is 342. The lowest BCUT2D eigenvalue weighted by Gasteiger charge is -2.34. The topological polar surface area (TPSA) is 35.2 Å². The second-order valence-corrected chi connectivity index (χ2v) is 9.13. The number of fused-ring (bicyclic) bond motifs is 4. The number of rotatable bonds is 6. The summed E-state index contributed by atoms with van der Waals surface area (Å²) in [5, 5.41) is 0. The molecule has 0 aromatic rings. The van der Waals surface area contributed by atoms with Crippen LogP contribution in [-0.2, 0) is 4.74 Å². The highest BCUT2D eigenvalue weighted by atomic mass is 16.5. The van der Waals surface area contributed by atoms with Gasteiger partial charge >= 0.3 is 0 Å². The van der Waals surface area contributed by atoms with Gasteiger partial charge in [-0.15, -0.1) is 0 Å². The number of hydrogen-bond donors (Lipinski definition) is 1. The Labute approximate surface area is 143 Å². The van der Waals surface area contributed by atoms with Crippen molar-refractivity contribution >= 4 is 0 Å². The van der Waals surface area contributed by atoms with Gasteiger partial charge in [-0.05, 0) is 61.7 Å². The maximum Gasteiger partial charge on any atom is 0.0497 e. The predicted molar refractivity (Wildman–Crippen MR) is 97.3 cm³/mol. The van der Waals surface area contributed by atoms with Gasteiger partial charge in [0.1, 0.15) is 0 Å². The Hall–Kier alpha value is -0.0800. The van der Waals surface area contributed by atoms with Gasteiger partial charge in [-0.2, -0.15) is 0 Å². The third kappa shape index (κ3) is 4.51. The maximum atomic E-state index is 6.40. The van der Waals surface area contributed by atoms with Crippen LogP contribution in [0.3, 0.4) is 0 Å². The molecule has 4 atom stereocenters. The van der Waals surface area contributed by atoms with E-state index in [-0.39, 0.29) is 0 Å². The third-order valence-electron chi connectivity index (χ3n) is 7.39. The van der Waals surface area contributed by atoms with Crippen LogP contribution in [0.1, 0.15) is 78.1 Å². The standard InChI is InChI=1S/C21H39NO/c1-15(18-6-4-3-5-7-18)13-23-14-20-12-17-8-10-19(11-9-17)21(20)16(2)22/h15-21H,3-14,22H2,1-2H3/t15-,16?,17?,19?,20?,21?/m1/s1. The zero-order chi connectivity index (χ0) is 16.2. The van der Waals surface area contributed by atoms with E-state index in [0.29, 0.717) is 17.9 Å². The lowest BCUT2D eigenvalue weighted by atomic mass is 9.75. The summed E-state index contributed by atoms with van der Waals surface area (Å²) in [6.45, 7) is 6.59. The molecule has 4 rings (SSSR count). The van der Waals surface area contributed by atoms with Gasteiger partial charge < -0.3 is 10.5 Å². The SMILES string of the molecule is CC(N)C1C2CCC(CC2)CC1COC[C@@H](C)C1CCCCC1. The zero-order valence-corrected chi connectivity index (χ0v) is 15.5. The Morgan fingerprint density at radius 3 is 2.30 bits per heavy atom. The van der Waals surface area contributed by atoms with Crippen LogP contribution in [0.5, 0.6) is 0 Å². The van der Waals surface area contributed by atoms with E-state index in [1.165, 1.54) is 64.2 Å². The van der Waals surface area contributed by atoms with E-state index >= 15 is 0 Å². The second-order valence-electron chi connectivity index (χ2n) is 9.13. The van der Waals surface area contributed by atoms with E-state index < -0.39 is 0 Å². The van der Waals surface area contributed by atoms with Gasteiger partial charge in [0.05, 0.1) is 0 Å². The normalized spacial score (nSPS) is 38.2. The lowest BCUT2D eigenvalue weighted by molar-refractivity contribution is 0.0252. The van der Waals surface area contributed by atoms with Crippen molar-refractivity contribution in [3.63, 3.8) is 0 Å². The molecule has 4 aliphatic rings. The molecule has 134 valence electrons. The molecule has 2 bridgehead atoms. The van der Waals surface area contributed by atoms with Crippen LogP contribution >= 0.6 is 0 Å². The first-order valence-corrected chi connectivity index (χ1v) is 10.5. The molecule has 0 aromatic heterocycles. The minimum Gasteiger partial charge on any atom is -0.381 e. The molecule has 4 saturated carbocycles. The maximum absolute atomic E-state index is 6.40. The Kier molecular flexibility index (Phi) is 6.43. The number of hydrogen-bond acceptors (Lipinski definition) is 2. The van der Waals surface area contributed by atoms with Crippen LogP contribution in [-0.4, -0.2) is 19.3 Å². The van der Waals surface area contributed by atoms with Gasteiger partial charge in [-0.25, -0.2) is 0 Å². The van der Waals surface area contributed by atoms with Crippen molar-refractivity contribution in [1.82, 2.24) is 0 Å². The smallest absolute Gasteiger partial charge is 0.0497 e. The van der Waals surface area contributed by atoms with Crippen molar-refractivity contribution in [2.24, 2.45) is 41.2 Å². The first kappa shape index (κ1) is 17.7. The molecule has 2 nitrogen and oxygen atoms in total.